The molecule has 2 heterocycles. The maximum Gasteiger partial charge on any atom is 0.320 e. The van der Waals surface area contributed by atoms with E-state index in [0.717, 1.165) is 0 Å². The second kappa shape index (κ2) is 6.86. The Hall–Kier alpha value is -1.64. The van der Waals surface area contributed by atoms with E-state index in [-0.39, 0.29) is 13.0 Å². The van der Waals surface area contributed by atoms with Crippen molar-refractivity contribution < 1.29 is 38.4 Å². The van der Waals surface area contributed by atoms with Gasteiger partial charge in [0.25, 0.3) is 0 Å². The quantitative estimate of drug-likeness (QED) is 0.561. The third kappa shape index (κ3) is 4.01. The van der Waals surface area contributed by atoms with E-state index in [1.165, 1.54) is 20.3 Å². The van der Waals surface area contributed by atoms with Crippen LogP contribution in [0.1, 0.15) is 20.3 Å². The number of rotatable bonds is 5. The summed E-state index contributed by atoms with van der Waals surface area (Å²) in [6.07, 6.45) is -0.600. The zero-order chi connectivity index (χ0) is 17.2. The van der Waals surface area contributed by atoms with E-state index < -0.39 is 42.0 Å². The molecule has 23 heavy (non-hydrogen) atoms. The first kappa shape index (κ1) is 17.7. The summed E-state index contributed by atoms with van der Waals surface area (Å²) in [5.41, 5.74) is 0. The van der Waals surface area contributed by atoms with Crippen molar-refractivity contribution in [1.29, 1.82) is 0 Å². The number of carbonyl (C=O) groups excluding carboxylic acids is 2. The second-order valence-corrected chi connectivity index (χ2v) is 5.88. The van der Waals surface area contributed by atoms with Crippen LogP contribution in [0, 0.1) is 5.92 Å². The molecule has 2 aliphatic heterocycles. The average Bonchev–Trinajstić information content (AvgIpc) is 3.05. The summed E-state index contributed by atoms with van der Waals surface area (Å²) in [6, 6.07) is 0. The Balaban J connectivity index is 2.00. The summed E-state index contributed by atoms with van der Waals surface area (Å²) < 4.78 is 26.0. The van der Waals surface area contributed by atoms with Gasteiger partial charge in [-0.05, 0) is 19.9 Å². The number of aliphatic hydroxyl groups excluding tert-OH is 1. The van der Waals surface area contributed by atoms with Gasteiger partial charge in [-0.15, -0.1) is 0 Å². The smallest absolute Gasteiger partial charge is 0.320 e. The van der Waals surface area contributed by atoms with Crippen LogP contribution in [0.3, 0.4) is 0 Å². The van der Waals surface area contributed by atoms with Gasteiger partial charge >= 0.3 is 11.9 Å². The lowest BCUT2D eigenvalue weighted by atomic mass is 10.0. The van der Waals surface area contributed by atoms with Crippen LogP contribution in [-0.4, -0.2) is 62.0 Å². The highest BCUT2D eigenvalue weighted by atomic mass is 16.8. The first-order chi connectivity index (χ1) is 10.8. The molecule has 1 N–H and O–H groups in total. The van der Waals surface area contributed by atoms with Crippen LogP contribution in [0.15, 0.2) is 11.8 Å². The van der Waals surface area contributed by atoms with Gasteiger partial charge in [0, 0.05) is 6.42 Å². The standard InChI is InChI=1S/C15H22O8/c1-15(2)21-7-11(23-15)12-10(16)6-8(22-12)5-9(13(17)19-3)14(18)20-4/h6,9-12,16H,5,7H2,1-4H3/t10-,11-,12+/m1/s1. The van der Waals surface area contributed by atoms with Crippen molar-refractivity contribution in [3.8, 4) is 0 Å². The number of allylic oxidation sites excluding steroid dienone is 1. The van der Waals surface area contributed by atoms with Crippen LogP contribution in [-0.2, 0) is 33.3 Å². The molecule has 8 heteroatoms. The highest BCUT2D eigenvalue weighted by molar-refractivity contribution is 5.95. The average molecular weight is 330 g/mol. The van der Waals surface area contributed by atoms with E-state index >= 15 is 0 Å². The van der Waals surface area contributed by atoms with Crippen molar-refractivity contribution in [2.75, 3.05) is 20.8 Å². The third-order valence-corrected chi connectivity index (χ3v) is 3.75. The largest absolute Gasteiger partial charge is 0.489 e. The molecule has 0 aromatic heterocycles. The van der Waals surface area contributed by atoms with E-state index in [1.54, 1.807) is 13.8 Å². The van der Waals surface area contributed by atoms with Crippen LogP contribution in [0.5, 0.6) is 0 Å². The zero-order valence-corrected chi connectivity index (χ0v) is 13.6. The Kier molecular flexibility index (Phi) is 5.28. The summed E-state index contributed by atoms with van der Waals surface area (Å²) >= 11 is 0. The molecule has 1 fully saturated rings. The Bertz CT molecular complexity index is 482. The predicted octanol–water partition coefficient (Wildman–Crippen LogP) is 0.134. The van der Waals surface area contributed by atoms with Gasteiger partial charge in [-0.2, -0.15) is 0 Å². The van der Waals surface area contributed by atoms with Crippen LogP contribution < -0.4 is 0 Å². The van der Waals surface area contributed by atoms with Crippen LogP contribution in [0.25, 0.3) is 0 Å². The van der Waals surface area contributed by atoms with E-state index in [2.05, 4.69) is 9.47 Å². The van der Waals surface area contributed by atoms with Gasteiger partial charge in [0.15, 0.2) is 17.8 Å². The molecule has 8 nitrogen and oxygen atoms in total. The van der Waals surface area contributed by atoms with Crippen molar-refractivity contribution >= 4 is 11.9 Å². The van der Waals surface area contributed by atoms with Crippen molar-refractivity contribution in [3.63, 3.8) is 0 Å². The predicted molar refractivity (Wildman–Crippen MR) is 76.0 cm³/mol. The van der Waals surface area contributed by atoms with Gasteiger partial charge in [-0.25, -0.2) is 0 Å². The molecule has 0 amide bonds. The number of esters is 2. The molecule has 0 aliphatic carbocycles. The fourth-order valence-electron chi connectivity index (χ4n) is 2.61. The highest BCUT2D eigenvalue weighted by Gasteiger charge is 2.44. The third-order valence-electron chi connectivity index (χ3n) is 3.75. The summed E-state index contributed by atoms with van der Waals surface area (Å²) in [6.45, 7) is 3.83. The minimum absolute atomic E-state index is 0.0517. The Labute approximate surface area is 134 Å². The Morgan fingerprint density at radius 2 is 1.96 bits per heavy atom. The Morgan fingerprint density at radius 1 is 1.35 bits per heavy atom. The van der Waals surface area contributed by atoms with Crippen molar-refractivity contribution in [2.45, 2.75) is 44.4 Å². The van der Waals surface area contributed by atoms with Gasteiger partial charge in [-0.1, -0.05) is 0 Å². The van der Waals surface area contributed by atoms with Gasteiger partial charge in [0.1, 0.15) is 12.2 Å². The molecule has 0 saturated carbocycles. The molecule has 0 aromatic rings. The summed E-state index contributed by atoms with van der Waals surface area (Å²) in [5.74, 6) is -3.01. The topological polar surface area (TPSA) is 101 Å². The summed E-state index contributed by atoms with van der Waals surface area (Å²) in [4.78, 5) is 23.4. The lowest BCUT2D eigenvalue weighted by Gasteiger charge is -2.23. The minimum Gasteiger partial charge on any atom is -0.489 e. The SMILES string of the molecule is COC(=O)C(CC1=C[C@@H](O)[C@@H]([C@H]2COC(C)(C)O2)O1)C(=O)OC. The van der Waals surface area contributed by atoms with E-state index in [0.29, 0.717) is 5.76 Å². The van der Waals surface area contributed by atoms with Crippen molar-refractivity contribution in [2.24, 2.45) is 5.92 Å². The van der Waals surface area contributed by atoms with E-state index in [4.69, 9.17) is 14.2 Å². The normalized spacial score (nSPS) is 29.1. The lowest BCUT2D eigenvalue weighted by Crippen LogP contribution is -2.38. The minimum atomic E-state index is -1.14. The van der Waals surface area contributed by atoms with E-state index in [1.807, 2.05) is 0 Å². The van der Waals surface area contributed by atoms with Crippen LogP contribution >= 0.6 is 0 Å². The molecular formula is C15H22O8. The monoisotopic (exact) mass is 330 g/mol. The number of carbonyl (C=O) groups is 2. The number of aliphatic hydroxyl groups is 1. The number of methoxy groups -OCH3 is 2. The molecule has 2 rings (SSSR count). The number of hydrogen-bond donors (Lipinski definition) is 1. The highest BCUT2D eigenvalue weighted by Crippen LogP contribution is 2.32. The first-order valence-corrected chi connectivity index (χ1v) is 7.30. The summed E-state index contributed by atoms with van der Waals surface area (Å²) in [5, 5.41) is 10.1. The molecule has 2 aliphatic rings. The molecular weight excluding hydrogens is 308 g/mol. The molecule has 0 bridgehead atoms. The van der Waals surface area contributed by atoms with E-state index in [9.17, 15) is 14.7 Å². The summed E-state index contributed by atoms with van der Waals surface area (Å²) in [7, 11) is 2.37. The van der Waals surface area contributed by atoms with Gasteiger partial charge < -0.3 is 28.8 Å². The first-order valence-electron chi connectivity index (χ1n) is 7.30. The fraction of sp³-hybridized carbons (Fsp3) is 0.733. The molecule has 0 spiro atoms. The molecule has 0 unspecified atom stereocenters. The molecule has 1 saturated heterocycles. The second-order valence-electron chi connectivity index (χ2n) is 5.88. The van der Waals surface area contributed by atoms with Gasteiger partial charge in [0.05, 0.1) is 26.6 Å². The van der Waals surface area contributed by atoms with Crippen LogP contribution in [0.4, 0.5) is 0 Å². The van der Waals surface area contributed by atoms with Gasteiger partial charge in [0.2, 0.25) is 0 Å². The van der Waals surface area contributed by atoms with Crippen molar-refractivity contribution in [3.05, 3.63) is 11.8 Å². The number of hydrogen-bond acceptors (Lipinski definition) is 8. The molecule has 3 atom stereocenters. The number of ether oxygens (including phenoxy) is 5. The van der Waals surface area contributed by atoms with Crippen molar-refractivity contribution in [1.82, 2.24) is 0 Å². The Morgan fingerprint density at radius 3 is 2.43 bits per heavy atom. The maximum absolute atomic E-state index is 11.7. The molecule has 0 aromatic carbocycles. The van der Waals surface area contributed by atoms with Crippen LogP contribution in [0.2, 0.25) is 0 Å². The molecule has 130 valence electrons. The zero-order valence-electron chi connectivity index (χ0n) is 13.6. The lowest BCUT2D eigenvalue weighted by molar-refractivity contribution is -0.160. The fourth-order valence-corrected chi connectivity index (χ4v) is 2.61. The molecule has 0 radical (unpaired) electrons. The van der Waals surface area contributed by atoms with Gasteiger partial charge in [-0.3, -0.25) is 9.59 Å². The maximum atomic E-state index is 11.7.